The summed E-state index contributed by atoms with van der Waals surface area (Å²) in [6, 6.07) is 23.5. The second-order valence-corrected chi connectivity index (χ2v) is 6.33. The summed E-state index contributed by atoms with van der Waals surface area (Å²) in [6.45, 7) is 0.617. The minimum Gasteiger partial charge on any atom is -0.493 e. The molecule has 0 spiro atoms. The fourth-order valence-corrected chi connectivity index (χ4v) is 2.99. The smallest absolute Gasteiger partial charge is 0.324 e. The Morgan fingerprint density at radius 3 is 2.14 bits per heavy atom. The molecule has 0 amide bonds. The van der Waals surface area contributed by atoms with E-state index in [2.05, 4.69) is 27.4 Å². The summed E-state index contributed by atoms with van der Waals surface area (Å²) in [5.41, 5.74) is 1.84. The maximum absolute atomic E-state index is 5.87. The number of ether oxygens (including phenoxy) is 3. The molecule has 0 fully saturated rings. The Labute approximate surface area is 169 Å². The minimum atomic E-state index is 0.256. The average Bonchev–Trinajstić information content (AvgIpc) is 2.78. The van der Waals surface area contributed by atoms with Gasteiger partial charge in [0.05, 0.1) is 19.7 Å². The van der Waals surface area contributed by atoms with Crippen molar-refractivity contribution in [2.24, 2.45) is 0 Å². The number of rotatable bonds is 7. The van der Waals surface area contributed by atoms with Crippen molar-refractivity contribution in [3.8, 4) is 23.3 Å². The van der Waals surface area contributed by atoms with Gasteiger partial charge in [0.25, 0.3) is 0 Å². The van der Waals surface area contributed by atoms with Gasteiger partial charge in [-0.15, -0.1) is 0 Å². The highest BCUT2D eigenvalue weighted by Crippen LogP contribution is 2.35. The van der Waals surface area contributed by atoms with E-state index in [9.17, 15) is 0 Å². The summed E-state index contributed by atoms with van der Waals surface area (Å²) in [7, 11) is 3.20. The third kappa shape index (κ3) is 4.21. The van der Waals surface area contributed by atoms with E-state index in [1.165, 1.54) is 0 Å². The van der Waals surface area contributed by atoms with Crippen LogP contribution in [0, 0.1) is 0 Å². The van der Waals surface area contributed by atoms with Crippen LogP contribution < -0.4 is 19.5 Å². The zero-order valence-electron chi connectivity index (χ0n) is 16.3. The van der Waals surface area contributed by atoms with E-state index in [0.717, 1.165) is 10.9 Å². The first-order valence-electron chi connectivity index (χ1n) is 9.21. The molecule has 1 N–H and O–H groups in total. The van der Waals surface area contributed by atoms with Crippen LogP contribution in [0.1, 0.15) is 5.56 Å². The van der Waals surface area contributed by atoms with Crippen molar-refractivity contribution in [1.29, 1.82) is 0 Å². The van der Waals surface area contributed by atoms with E-state index in [1.807, 2.05) is 60.7 Å². The Kier molecular flexibility index (Phi) is 5.42. The van der Waals surface area contributed by atoms with Crippen LogP contribution in [-0.2, 0) is 6.54 Å². The lowest BCUT2D eigenvalue weighted by Crippen LogP contribution is -2.05. The van der Waals surface area contributed by atoms with E-state index in [4.69, 9.17) is 14.2 Å². The van der Waals surface area contributed by atoms with Gasteiger partial charge >= 0.3 is 6.01 Å². The molecule has 29 heavy (non-hydrogen) atoms. The van der Waals surface area contributed by atoms with E-state index >= 15 is 0 Å². The Morgan fingerprint density at radius 2 is 1.45 bits per heavy atom. The first kappa shape index (κ1) is 18.6. The van der Waals surface area contributed by atoms with Gasteiger partial charge in [0, 0.05) is 18.0 Å². The molecule has 0 saturated heterocycles. The number of para-hydroxylation sites is 1. The Balaban J connectivity index is 1.76. The number of anilines is 1. The standard InChI is InChI=1S/C23H21N3O3/c1-27-20-13-18-19(14-21(20)28-2)25-23(29-17-11-7-4-8-12-17)26-22(18)24-15-16-9-5-3-6-10-16/h3-14H,15H2,1-2H3,(H,24,25,26). The highest BCUT2D eigenvalue weighted by molar-refractivity contribution is 5.92. The normalized spacial score (nSPS) is 10.6. The number of hydrogen-bond donors (Lipinski definition) is 1. The average molecular weight is 387 g/mol. The minimum absolute atomic E-state index is 0.256. The van der Waals surface area contributed by atoms with Crippen molar-refractivity contribution >= 4 is 16.7 Å². The molecule has 3 aromatic carbocycles. The second-order valence-electron chi connectivity index (χ2n) is 6.33. The number of aromatic nitrogens is 2. The van der Waals surface area contributed by atoms with Gasteiger partial charge in [0.15, 0.2) is 11.5 Å². The Bertz CT molecular complexity index is 1100. The molecule has 6 nitrogen and oxygen atoms in total. The molecule has 4 aromatic rings. The van der Waals surface area contributed by atoms with Crippen LogP contribution >= 0.6 is 0 Å². The van der Waals surface area contributed by atoms with E-state index < -0.39 is 0 Å². The number of hydrogen-bond acceptors (Lipinski definition) is 6. The van der Waals surface area contributed by atoms with Crippen LogP contribution in [0.2, 0.25) is 0 Å². The van der Waals surface area contributed by atoms with Crippen LogP contribution in [-0.4, -0.2) is 24.2 Å². The number of fused-ring (bicyclic) bond motifs is 1. The third-order valence-electron chi connectivity index (χ3n) is 4.44. The summed E-state index contributed by atoms with van der Waals surface area (Å²) >= 11 is 0. The molecule has 0 bridgehead atoms. The summed E-state index contributed by atoms with van der Waals surface area (Å²) < 4.78 is 16.7. The van der Waals surface area contributed by atoms with E-state index in [-0.39, 0.29) is 6.01 Å². The van der Waals surface area contributed by atoms with Crippen LogP contribution in [0.4, 0.5) is 5.82 Å². The first-order valence-corrected chi connectivity index (χ1v) is 9.21. The molecule has 0 atom stereocenters. The number of nitrogens with zero attached hydrogens (tertiary/aromatic N) is 2. The maximum Gasteiger partial charge on any atom is 0.324 e. The SMILES string of the molecule is COc1cc2nc(Oc3ccccc3)nc(NCc3ccccc3)c2cc1OC. The zero-order valence-corrected chi connectivity index (χ0v) is 16.3. The molecule has 0 aliphatic rings. The van der Waals surface area contributed by atoms with Crippen molar-refractivity contribution < 1.29 is 14.2 Å². The van der Waals surface area contributed by atoms with E-state index in [0.29, 0.717) is 35.1 Å². The lowest BCUT2D eigenvalue weighted by Gasteiger charge is -2.14. The fourth-order valence-electron chi connectivity index (χ4n) is 2.99. The first-order chi connectivity index (χ1) is 14.3. The molecule has 0 unspecified atom stereocenters. The van der Waals surface area contributed by atoms with Crippen LogP contribution in [0.15, 0.2) is 72.8 Å². The summed E-state index contributed by atoms with van der Waals surface area (Å²) in [5.74, 6) is 2.54. The monoisotopic (exact) mass is 387 g/mol. The van der Waals surface area contributed by atoms with Crippen LogP contribution in [0.25, 0.3) is 10.9 Å². The molecule has 0 radical (unpaired) electrons. The van der Waals surface area contributed by atoms with Crippen molar-refractivity contribution in [2.45, 2.75) is 6.54 Å². The van der Waals surface area contributed by atoms with Crippen molar-refractivity contribution in [2.75, 3.05) is 19.5 Å². The summed E-state index contributed by atoms with van der Waals surface area (Å²) in [5, 5.41) is 4.21. The van der Waals surface area contributed by atoms with Crippen LogP contribution in [0.3, 0.4) is 0 Å². The molecule has 0 aliphatic carbocycles. The Morgan fingerprint density at radius 1 is 0.793 bits per heavy atom. The maximum atomic E-state index is 5.87. The molecular weight excluding hydrogens is 366 g/mol. The third-order valence-corrected chi connectivity index (χ3v) is 4.44. The van der Waals surface area contributed by atoms with Crippen LogP contribution in [0.5, 0.6) is 23.3 Å². The van der Waals surface area contributed by atoms with Gasteiger partial charge in [-0.25, -0.2) is 0 Å². The lowest BCUT2D eigenvalue weighted by molar-refractivity contribution is 0.355. The molecule has 1 heterocycles. The second kappa shape index (κ2) is 8.48. The molecule has 6 heteroatoms. The quantitative estimate of drug-likeness (QED) is 0.479. The summed E-state index contributed by atoms with van der Waals surface area (Å²) in [6.07, 6.45) is 0. The Hall–Kier alpha value is -3.80. The highest BCUT2D eigenvalue weighted by atomic mass is 16.5. The van der Waals surface area contributed by atoms with Gasteiger partial charge in [-0.1, -0.05) is 48.5 Å². The predicted octanol–water partition coefficient (Wildman–Crippen LogP) is 5.05. The lowest BCUT2D eigenvalue weighted by atomic mass is 10.2. The highest BCUT2D eigenvalue weighted by Gasteiger charge is 2.14. The predicted molar refractivity (Wildman–Crippen MR) is 113 cm³/mol. The van der Waals surface area contributed by atoms with Gasteiger partial charge in [-0.05, 0) is 23.8 Å². The molecule has 146 valence electrons. The van der Waals surface area contributed by atoms with Gasteiger partial charge in [0.1, 0.15) is 11.6 Å². The fraction of sp³-hybridized carbons (Fsp3) is 0.130. The molecular formula is C23H21N3O3. The molecule has 0 saturated carbocycles. The van der Waals surface area contributed by atoms with E-state index in [1.54, 1.807) is 14.2 Å². The molecule has 1 aromatic heterocycles. The molecule has 4 rings (SSSR count). The number of methoxy groups -OCH3 is 2. The van der Waals surface area contributed by atoms with Gasteiger partial charge in [-0.3, -0.25) is 0 Å². The topological polar surface area (TPSA) is 65.5 Å². The largest absolute Gasteiger partial charge is 0.493 e. The van der Waals surface area contributed by atoms with Crippen molar-refractivity contribution in [3.63, 3.8) is 0 Å². The molecule has 0 aliphatic heterocycles. The van der Waals surface area contributed by atoms with Gasteiger partial charge in [-0.2, -0.15) is 9.97 Å². The number of nitrogens with one attached hydrogen (secondary N) is 1. The number of benzene rings is 3. The van der Waals surface area contributed by atoms with Gasteiger partial charge < -0.3 is 19.5 Å². The van der Waals surface area contributed by atoms with Crippen molar-refractivity contribution in [1.82, 2.24) is 9.97 Å². The van der Waals surface area contributed by atoms with Gasteiger partial charge in [0.2, 0.25) is 0 Å². The summed E-state index contributed by atoms with van der Waals surface area (Å²) in [4.78, 5) is 9.16. The zero-order chi connectivity index (χ0) is 20.1. The van der Waals surface area contributed by atoms with Crippen molar-refractivity contribution in [3.05, 3.63) is 78.4 Å².